The molecule has 0 spiro atoms. The molecule has 5 heteroatoms. The minimum atomic E-state index is 0.249. The largest absolute Gasteiger partial charge is 0.354 e. The van der Waals surface area contributed by atoms with Crippen molar-refractivity contribution >= 4 is 27.4 Å². The van der Waals surface area contributed by atoms with Gasteiger partial charge in [-0.05, 0) is 18.4 Å². The maximum Gasteiger partial charge on any atom is 0.140 e. The van der Waals surface area contributed by atoms with Gasteiger partial charge in [0, 0.05) is 24.0 Å². The summed E-state index contributed by atoms with van der Waals surface area (Å²) in [6.45, 7) is 6.26. The van der Waals surface area contributed by atoms with E-state index in [1.165, 1.54) is 10.3 Å². The lowest BCUT2D eigenvalue weighted by Gasteiger charge is -2.17. The number of aromatic nitrogens is 2. The fourth-order valence-corrected chi connectivity index (χ4v) is 3.41. The van der Waals surface area contributed by atoms with Crippen molar-refractivity contribution < 1.29 is 0 Å². The summed E-state index contributed by atoms with van der Waals surface area (Å²) in [5, 5.41) is 1.18. The van der Waals surface area contributed by atoms with Crippen LogP contribution in [0.15, 0.2) is 12.4 Å². The number of fused-ring (bicyclic) bond motifs is 1. The number of thiophene rings is 1. The molecular formula is C13H18N4S. The molecule has 1 saturated heterocycles. The Hall–Kier alpha value is -1.20. The van der Waals surface area contributed by atoms with Gasteiger partial charge in [-0.3, -0.25) is 0 Å². The highest BCUT2D eigenvalue weighted by Gasteiger charge is 2.28. The molecule has 3 heterocycles. The van der Waals surface area contributed by atoms with Crippen molar-refractivity contribution in [2.75, 3.05) is 18.0 Å². The molecule has 0 aliphatic carbocycles. The zero-order valence-electron chi connectivity index (χ0n) is 10.8. The average Bonchev–Trinajstić information content (AvgIpc) is 2.93. The quantitative estimate of drug-likeness (QED) is 0.900. The topological polar surface area (TPSA) is 55.0 Å². The first-order valence-corrected chi connectivity index (χ1v) is 7.24. The summed E-state index contributed by atoms with van der Waals surface area (Å²) in [4.78, 5) is 13.6. The number of hydrogen-bond donors (Lipinski definition) is 1. The van der Waals surface area contributed by atoms with Crippen molar-refractivity contribution in [2.24, 2.45) is 11.7 Å². The predicted octanol–water partition coefficient (Wildman–Crippen LogP) is 2.04. The number of rotatable bonds is 2. The number of anilines is 1. The van der Waals surface area contributed by atoms with Crippen LogP contribution >= 0.6 is 11.3 Å². The van der Waals surface area contributed by atoms with E-state index in [0.717, 1.165) is 30.2 Å². The molecule has 3 rings (SSSR count). The van der Waals surface area contributed by atoms with Crippen LogP contribution in [-0.4, -0.2) is 29.1 Å². The molecule has 0 aromatic carbocycles. The summed E-state index contributed by atoms with van der Waals surface area (Å²) >= 11 is 1.76. The number of hydrogen-bond acceptors (Lipinski definition) is 5. The molecule has 0 saturated carbocycles. The number of nitrogens with zero attached hydrogens (tertiary/aromatic N) is 3. The first-order chi connectivity index (χ1) is 8.69. The Labute approximate surface area is 111 Å². The number of nitrogens with two attached hydrogens (primary N) is 1. The molecule has 0 radical (unpaired) electrons. The number of aryl methyl sites for hydroxylation is 1. The first kappa shape index (κ1) is 11.9. The van der Waals surface area contributed by atoms with Crippen molar-refractivity contribution in [3.8, 4) is 0 Å². The molecule has 1 fully saturated rings. The third-order valence-corrected chi connectivity index (χ3v) is 4.87. The van der Waals surface area contributed by atoms with E-state index in [2.05, 4.69) is 34.8 Å². The molecule has 18 heavy (non-hydrogen) atoms. The van der Waals surface area contributed by atoms with Gasteiger partial charge in [0.15, 0.2) is 0 Å². The van der Waals surface area contributed by atoms with Crippen molar-refractivity contribution in [1.29, 1.82) is 0 Å². The lowest BCUT2D eigenvalue weighted by Crippen LogP contribution is -2.28. The summed E-state index contributed by atoms with van der Waals surface area (Å²) in [5.74, 6) is 1.58. The van der Waals surface area contributed by atoms with E-state index < -0.39 is 0 Å². The third kappa shape index (κ3) is 1.87. The summed E-state index contributed by atoms with van der Waals surface area (Å²) in [6, 6.07) is 2.48. The highest BCUT2D eigenvalue weighted by atomic mass is 32.1. The highest BCUT2D eigenvalue weighted by Crippen LogP contribution is 2.32. The Morgan fingerprint density at radius 3 is 2.94 bits per heavy atom. The second-order valence-corrected chi connectivity index (χ2v) is 6.14. The van der Waals surface area contributed by atoms with Crippen molar-refractivity contribution in [2.45, 2.75) is 26.3 Å². The Bertz CT molecular complexity index is 555. The van der Waals surface area contributed by atoms with E-state index in [0.29, 0.717) is 5.92 Å². The maximum absolute atomic E-state index is 6.10. The first-order valence-electron chi connectivity index (χ1n) is 6.43. The molecule has 0 amide bonds. The minimum Gasteiger partial charge on any atom is -0.354 e. The molecule has 2 aromatic rings. The predicted molar refractivity (Wildman–Crippen MR) is 76.1 cm³/mol. The summed E-state index contributed by atoms with van der Waals surface area (Å²) < 4.78 is 0. The van der Waals surface area contributed by atoms with Gasteiger partial charge in [-0.2, -0.15) is 0 Å². The van der Waals surface area contributed by atoms with Gasteiger partial charge in [-0.1, -0.05) is 13.8 Å². The molecule has 2 unspecified atom stereocenters. The molecule has 0 bridgehead atoms. The summed E-state index contributed by atoms with van der Waals surface area (Å²) in [7, 11) is 0. The van der Waals surface area contributed by atoms with Crippen LogP contribution in [0.2, 0.25) is 0 Å². The van der Waals surface area contributed by atoms with Gasteiger partial charge < -0.3 is 10.6 Å². The average molecular weight is 262 g/mol. The van der Waals surface area contributed by atoms with E-state index >= 15 is 0 Å². The van der Waals surface area contributed by atoms with Gasteiger partial charge in [-0.25, -0.2) is 9.97 Å². The van der Waals surface area contributed by atoms with Crippen LogP contribution in [-0.2, 0) is 6.42 Å². The maximum atomic E-state index is 6.10. The second-order valence-electron chi connectivity index (χ2n) is 5.03. The van der Waals surface area contributed by atoms with Crippen molar-refractivity contribution in [1.82, 2.24) is 9.97 Å². The van der Waals surface area contributed by atoms with Crippen LogP contribution in [0.5, 0.6) is 0 Å². The van der Waals surface area contributed by atoms with Gasteiger partial charge in [-0.15, -0.1) is 11.3 Å². The van der Waals surface area contributed by atoms with E-state index in [1.54, 1.807) is 17.7 Å². The standard InChI is InChI=1S/C13H18N4S/c1-3-9-4-10-12(15-7-16-13(10)18-9)17-5-8(2)11(14)6-17/h4,7-8,11H,3,5-6,14H2,1-2H3. The van der Waals surface area contributed by atoms with Crippen molar-refractivity contribution in [3.63, 3.8) is 0 Å². The van der Waals surface area contributed by atoms with Gasteiger partial charge >= 0.3 is 0 Å². The Balaban J connectivity index is 2.04. The second kappa shape index (κ2) is 4.48. The van der Waals surface area contributed by atoms with E-state index in [1.807, 2.05) is 0 Å². The third-order valence-electron chi connectivity index (χ3n) is 3.68. The molecule has 2 atom stereocenters. The highest BCUT2D eigenvalue weighted by molar-refractivity contribution is 7.18. The van der Waals surface area contributed by atoms with Gasteiger partial charge in [0.05, 0.1) is 5.39 Å². The Kier molecular flexibility index (Phi) is 2.95. The van der Waals surface area contributed by atoms with E-state index in [9.17, 15) is 0 Å². The molecular weight excluding hydrogens is 244 g/mol. The molecule has 1 aliphatic rings. The summed E-state index contributed by atoms with van der Waals surface area (Å²) in [6.07, 6.45) is 2.72. The van der Waals surface area contributed by atoms with Gasteiger partial charge in [0.2, 0.25) is 0 Å². The van der Waals surface area contributed by atoms with E-state index in [4.69, 9.17) is 5.73 Å². The molecule has 4 nitrogen and oxygen atoms in total. The van der Waals surface area contributed by atoms with E-state index in [-0.39, 0.29) is 6.04 Å². The lowest BCUT2D eigenvalue weighted by atomic mass is 10.1. The fraction of sp³-hybridized carbons (Fsp3) is 0.538. The van der Waals surface area contributed by atoms with Gasteiger partial charge in [0.1, 0.15) is 17.0 Å². The van der Waals surface area contributed by atoms with Crippen LogP contribution in [0.3, 0.4) is 0 Å². The smallest absolute Gasteiger partial charge is 0.140 e. The normalized spacial score (nSPS) is 24.1. The summed E-state index contributed by atoms with van der Waals surface area (Å²) in [5.41, 5.74) is 6.10. The molecule has 96 valence electrons. The van der Waals surface area contributed by atoms with Gasteiger partial charge in [0.25, 0.3) is 0 Å². The zero-order valence-corrected chi connectivity index (χ0v) is 11.6. The molecule has 2 N–H and O–H groups in total. The van der Waals surface area contributed by atoms with Crippen LogP contribution in [0, 0.1) is 5.92 Å². The minimum absolute atomic E-state index is 0.249. The van der Waals surface area contributed by atoms with Crippen LogP contribution in [0.1, 0.15) is 18.7 Å². The monoisotopic (exact) mass is 262 g/mol. The lowest BCUT2D eigenvalue weighted by molar-refractivity contribution is 0.566. The van der Waals surface area contributed by atoms with Crippen molar-refractivity contribution in [3.05, 3.63) is 17.3 Å². The SMILES string of the molecule is CCc1cc2c(N3CC(C)C(N)C3)ncnc2s1. The molecule has 1 aliphatic heterocycles. The zero-order chi connectivity index (χ0) is 12.7. The molecule has 2 aromatic heterocycles. The van der Waals surface area contributed by atoms with Crippen LogP contribution in [0.4, 0.5) is 5.82 Å². The van der Waals surface area contributed by atoms with Crippen LogP contribution < -0.4 is 10.6 Å². The van der Waals surface area contributed by atoms with Crippen LogP contribution in [0.25, 0.3) is 10.2 Å². The fourth-order valence-electron chi connectivity index (χ4n) is 2.48. The Morgan fingerprint density at radius 1 is 1.44 bits per heavy atom. The Morgan fingerprint density at radius 2 is 2.28 bits per heavy atom.